The predicted molar refractivity (Wildman–Crippen MR) is 155 cm³/mol. The molecule has 0 aromatic heterocycles. The van der Waals surface area contributed by atoms with E-state index in [4.69, 9.17) is 4.74 Å². The largest absolute Gasteiger partial charge is 0.379 e. The number of nitrogens with zero attached hydrogens (tertiary/aromatic N) is 4. The first-order valence-corrected chi connectivity index (χ1v) is 14.0. The molecule has 0 bridgehead atoms. The SMILES string of the molecule is O=[N+]([O-])c1cc(S(=O)(=O)N2CCOCC2)ccc1NN=Cc1ccc(N(c2ccccc2)c2ccccc2)cc1. The van der Waals surface area contributed by atoms with Crippen molar-refractivity contribution < 1.29 is 18.1 Å². The van der Waals surface area contributed by atoms with E-state index in [2.05, 4.69) is 15.4 Å². The van der Waals surface area contributed by atoms with Crippen molar-refractivity contribution in [2.24, 2.45) is 5.10 Å². The number of nitro groups is 1. The first-order chi connectivity index (χ1) is 19.4. The monoisotopic (exact) mass is 557 g/mol. The van der Waals surface area contributed by atoms with Gasteiger partial charge < -0.3 is 9.64 Å². The third-order valence-corrected chi connectivity index (χ3v) is 8.25. The molecule has 10 nitrogen and oxygen atoms in total. The molecule has 0 aliphatic carbocycles. The Morgan fingerprint density at radius 3 is 2.00 bits per heavy atom. The Kier molecular flexibility index (Phi) is 8.15. The second-order valence-corrected chi connectivity index (χ2v) is 10.9. The molecule has 1 fully saturated rings. The molecule has 1 heterocycles. The summed E-state index contributed by atoms with van der Waals surface area (Å²) in [6.07, 6.45) is 1.54. The van der Waals surface area contributed by atoms with Crippen LogP contribution in [0.5, 0.6) is 0 Å². The third-order valence-electron chi connectivity index (χ3n) is 6.35. The van der Waals surface area contributed by atoms with Crippen molar-refractivity contribution in [1.82, 2.24) is 4.31 Å². The lowest BCUT2D eigenvalue weighted by Crippen LogP contribution is -2.40. The molecular formula is C29H27N5O5S. The summed E-state index contributed by atoms with van der Waals surface area (Å²) in [6.45, 7) is 0.974. The van der Waals surface area contributed by atoms with Crippen molar-refractivity contribution in [3.63, 3.8) is 0 Å². The third kappa shape index (κ3) is 6.01. The summed E-state index contributed by atoms with van der Waals surface area (Å²) in [4.78, 5) is 13.1. The minimum atomic E-state index is -3.87. The number of benzene rings is 4. The van der Waals surface area contributed by atoms with Gasteiger partial charge in [-0.05, 0) is 54.1 Å². The second kappa shape index (κ2) is 12.1. The quantitative estimate of drug-likeness (QED) is 0.163. The molecule has 0 radical (unpaired) electrons. The molecule has 1 aliphatic heterocycles. The average molecular weight is 558 g/mol. The van der Waals surface area contributed by atoms with Crippen molar-refractivity contribution >= 4 is 44.7 Å². The van der Waals surface area contributed by atoms with Gasteiger partial charge in [-0.15, -0.1) is 0 Å². The van der Waals surface area contributed by atoms with Crippen LogP contribution in [-0.2, 0) is 14.8 Å². The molecule has 5 rings (SSSR count). The van der Waals surface area contributed by atoms with E-state index in [1.165, 1.54) is 16.4 Å². The van der Waals surface area contributed by atoms with Gasteiger partial charge in [-0.2, -0.15) is 9.41 Å². The molecule has 4 aromatic rings. The predicted octanol–water partition coefficient (Wildman–Crippen LogP) is 5.53. The molecule has 0 atom stereocenters. The van der Waals surface area contributed by atoms with Gasteiger partial charge in [0.1, 0.15) is 5.69 Å². The summed E-state index contributed by atoms with van der Waals surface area (Å²) < 4.78 is 32.3. The van der Waals surface area contributed by atoms with Gasteiger partial charge in [-0.3, -0.25) is 15.5 Å². The van der Waals surface area contributed by atoms with Crippen LogP contribution in [0.2, 0.25) is 0 Å². The van der Waals surface area contributed by atoms with E-state index < -0.39 is 14.9 Å². The zero-order valence-corrected chi connectivity index (χ0v) is 22.3. The highest BCUT2D eigenvalue weighted by molar-refractivity contribution is 7.89. The van der Waals surface area contributed by atoms with E-state index in [9.17, 15) is 18.5 Å². The number of sulfonamides is 1. The van der Waals surface area contributed by atoms with Gasteiger partial charge in [0, 0.05) is 36.2 Å². The van der Waals surface area contributed by atoms with Crippen LogP contribution in [0.1, 0.15) is 5.56 Å². The van der Waals surface area contributed by atoms with Gasteiger partial charge in [0.15, 0.2) is 0 Å². The molecule has 11 heteroatoms. The van der Waals surface area contributed by atoms with Crippen LogP contribution in [0.15, 0.2) is 113 Å². The van der Waals surface area contributed by atoms with Gasteiger partial charge in [0.2, 0.25) is 10.0 Å². The summed E-state index contributed by atoms with van der Waals surface area (Å²) in [5.41, 5.74) is 6.13. The topological polar surface area (TPSA) is 117 Å². The van der Waals surface area contributed by atoms with Gasteiger partial charge in [0.05, 0.1) is 29.2 Å². The normalized spacial score (nSPS) is 14.2. The zero-order valence-electron chi connectivity index (χ0n) is 21.5. The number of nitrogens with one attached hydrogen (secondary N) is 1. The Morgan fingerprint density at radius 1 is 0.850 bits per heavy atom. The van der Waals surface area contributed by atoms with Crippen LogP contribution in [0, 0.1) is 10.1 Å². The Hall–Kier alpha value is -4.58. The summed E-state index contributed by atoms with van der Waals surface area (Å²) in [6, 6.07) is 31.5. The van der Waals surface area contributed by atoms with Crippen LogP contribution in [0.4, 0.5) is 28.4 Å². The van der Waals surface area contributed by atoms with E-state index >= 15 is 0 Å². The van der Waals surface area contributed by atoms with Crippen molar-refractivity contribution in [2.45, 2.75) is 4.90 Å². The summed E-state index contributed by atoms with van der Waals surface area (Å²) in [7, 11) is -3.87. The first kappa shape index (κ1) is 27.0. The van der Waals surface area contributed by atoms with Crippen LogP contribution in [-0.4, -0.2) is 50.2 Å². The number of rotatable bonds is 9. The summed E-state index contributed by atoms with van der Waals surface area (Å²) >= 11 is 0. The van der Waals surface area contributed by atoms with E-state index in [0.717, 1.165) is 28.7 Å². The van der Waals surface area contributed by atoms with E-state index in [1.807, 2.05) is 84.9 Å². The number of nitro benzene ring substituents is 1. The van der Waals surface area contributed by atoms with Crippen LogP contribution in [0.3, 0.4) is 0 Å². The average Bonchev–Trinajstić information content (AvgIpc) is 2.99. The number of hydrogen-bond acceptors (Lipinski definition) is 8. The van der Waals surface area contributed by atoms with Crippen molar-refractivity contribution in [2.75, 3.05) is 36.6 Å². The Balaban J connectivity index is 1.33. The van der Waals surface area contributed by atoms with E-state index in [1.54, 1.807) is 6.21 Å². The zero-order chi connectivity index (χ0) is 28.0. The number of hydrazone groups is 1. The molecule has 40 heavy (non-hydrogen) atoms. The first-order valence-electron chi connectivity index (χ1n) is 12.6. The number of anilines is 4. The van der Waals surface area contributed by atoms with Crippen molar-refractivity contribution in [1.29, 1.82) is 0 Å². The van der Waals surface area contributed by atoms with Crippen molar-refractivity contribution in [3.05, 3.63) is 119 Å². The van der Waals surface area contributed by atoms with Gasteiger partial charge >= 0.3 is 0 Å². The lowest BCUT2D eigenvalue weighted by atomic mass is 10.1. The van der Waals surface area contributed by atoms with Crippen LogP contribution >= 0.6 is 0 Å². The van der Waals surface area contributed by atoms with E-state index in [-0.39, 0.29) is 42.6 Å². The van der Waals surface area contributed by atoms with E-state index in [0.29, 0.717) is 0 Å². The maximum absolute atomic E-state index is 12.9. The molecular weight excluding hydrogens is 530 g/mol. The molecule has 1 aliphatic rings. The molecule has 204 valence electrons. The maximum Gasteiger partial charge on any atom is 0.295 e. The highest BCUT2D eigenvalue weighted by Gasteiger charge is 2.28. The maximum atomic E-state index is 12.9. The summed E-state index contributed by atoms with van der Waals surface area (Å²) in [5, 5.41) is 15.9. The second-order valence-electron chi connectivity index (χ2n) is 8.92. The molecule has 0 amide bonds. The highest BCUT2D eigenvalue weighted by Crippen LogP contribution is 2.34. The Bertz CT molecular complexity index is 1550. The minimum Gasteiger partial charge on any atom is -0.379 e. The summed E-state index contributed by atoms with van der Waals surface area (Å²) in [5.74, 6) is 0. The molecule has 0 unspecified atom stereocenters. The van der Waals surface area contributed by atoms with Crippen LogP contribution < -0.4 is 10.3 Å². The Morgan fingerprint density at radius 2 is 1.43 bits per heavy atom. The number of para-hydroxylation sites is 2. The smallest absolute Gasteiger partial charge is 0.295 e. The van der Waals surface area contributed by atoms with Crippen molar-refractivity contribution in [3.8, 4) is 0 Å². The van der Waals surface area contributed by atoms with Crippen LogP contribution in [0.25, 0.3) is 0 Å². The number of morpholine rings is 1. The fraction of sp³-hybridized carbons (Fsp3) is 0.138. The highest BCUT2D eigenvalue weighted by atomic mass is 32.2. The fourth-order valence-electron chi connectivity index (χ4n) is 4.34. The Labute approximate surface area is 232 Å². The molecule has 1 saturated heterocycles. The van der Waals surface area contributed by atoms with Gasteiger partial charge in [-0.25, -0.2) is 8.42 Å². The molecule has 0 spiro atoms. The fourth-order valence-corrected chi connectivity index (χ4v) is 5.77. The number of hydrogen-bond donors (Lipinski definition) is 1. The van der Waals surface area contributed by atoms with Gasteiger partial charge in [0.25, 0.3) is 5.69 Å². The number of ether oxygens (including phenoxy) is 1. The lowest BCUT2D eigenvalue weighted by molar-refractivity contribution is -0.384. The lowest BCUT2D eigenvalue weighted by Gasteiger charge is -2.26. The standard InChI is InChI=1S/C29H27N5O5S/c35-34(36)29-21-27(40(37,38)32-17-19-39-20-18-32)15-16-28(29)31-30-22-23-11-13-26(14-12-23)33(24-7-3-1-4-8-24)25-9-5-2-6-10-25/h1-16,21-22,31H,17-20H2. The molecule has 4 aromatic carbocycles. The molecule has 0 saturated carbocycles. The molecule has 1 N–H and O–H groups in total. The van der Waals surface area contributed by atoms with Gasteiger partial charge in [-0.1, -0.05) is 48.5 Å². The minimum absolute atomic E-state index is 0.0816.